The van der Waals surface area contributed by atoms with E-state index in [1.165, 1.54) is 11.3 Å². The van der Waals surface area contributed by atoms with Gasteiger partial charge < -0.3 is 15.4 Å². The minimum absolute atomic E-state index is 0. The molecule has 8 nitrogen and oxygen atoms in total. The number of carbonyl (C=O) groups excluding carboxylic acids is 3. The first kappa shape index (κ1) is 27.8. The van der Waals surface area contributed by atoms with Crippen molar-refractivity contribution in [1.29, 1.82) is 0 Å². The van der Waals surface area contributed by atoms with E-state index in [2.05, 4.69) is 15.6 Å². The number of rotatable bonds is 6. The first-order valence-corrected chi connectivity index (χ1v) is 12.0. The third-order valence-corrected chi connectivity index (χ3v) is 6.11. The molecule has 1 aliphatic heterocycles. The fourth-order valence-corrected chi connectivity index (χ4v) is 4.27. The lowest BCUT2D eigenvalue weighted by molar-refractivity contribution is -0.153. The van der Waals surface area contributed by atoms with E-state index in [9.17, 15) is 14.4 Å². The smallest absolute Gasteiger partial charge is 0.310 e. The number of benzene rings is 1. The predicted molar refractivity (Wildman–Crippen MR) is 135 cm³/mol. The second-order valence-corrected chi connectivity index (χ2v) is 10.4. The highest BCUT2D eigenvalue weighted by molar-refractivity contribution is 7.07. The van der Waals surface area contributed by atoms with Crippen LogP contribution in [0.3, 0.4) is 0 Å². The van der Waals surface area contributed by atoms with Crippen LogP contribution in [0.2, 0.25) is 0 Å². The number of carbonyl (C=O) groups is 3. The van der Waals surface area contributed by atoms with Gasteiger partial charge in [0, 0.05) is 29.2 Å². The zero-order valence-electron chi connectivity index (χ0n) is 20.1. The van der Waals surface area contributed by atoms with Crippen LogP contribution >= 0.6 is 23.7 Å². The van der Waals surface area contributed by atoms with Gasteiger partial charge in [-0.2, -0.15) is 4.99 Å². The summed E-state index contributed by atoms with van der Waals surface area (Å²) in [5, 5.41) is 7.93. The van der Waals surface area contributed by atoms with E-state index in [-0.39, 0.29) is 42.3 Å². The number of nitrogens with one attached hydrogen (secondary N) is 2. The standard InChI is InChI=1S/C24H32N4O4S.ClH/c1-16-13-18(5-6-19(16)26-20(29)14-24(2,3)4)21(30)27-23-28(11-12-33-23)15-32-22(31)17-7-9-25-10-8-17;/h5-6,11-13,17,25H,7-10,14-15H2,1-4H3,(H,26,29);1H. The maximum atomic E-state index is 12.7. The molecule has 2 amide bonds. The molecule has 1 aliphatic rings. The molecule has 0 radical (unpaired) electrons. The van der Waals surface area contributed by atoms with E-state index in [1.54, 1.807) is 34.3 Å². The Kier molecular flexibility index (Phi) is 10.0. The first-order chi connectivity index (χ1) is 15.6. The highest BCUT2D eigenvalue weighted by Crippen LogP contribution is 2.22. The molecule has 2 aromatic rings. The van der Waals surface area contributed by atoms with Gasteiger partial charge in [0.05, 0.1) is 5.92 Å². The van der Waals surface area contributed by atoms with E-state index in [4.69, 9.17) is 4.74 Å². The van der Waals surface area contributed by atoms with Gasteiger partial charge in [0.15, 0.2) is 11.5 Å². The molecule has 1 saturated heterocycles. The highest BCUT2D eigenvalue weighted by atomic mass is 35.5. The Morgan fingerprint density at radius 2 is 1.94 bits per heavy atom. The number of nitrogens with zero attached hydrogens (tertiary/aromatic N) is 2. The van der Waals surface area contributed by atoms with Gasteiger partial charge in [-0.3, -0.25) is 19.0 Å². The van der Waals surface area contributed by atoms with Gasteiger partial charge in [0.1, 0.15) is 0 Å². The summed E-state index contributed by atoms with van der Waals surface area (Å²) < 4.78 is 7.10. The fraction of sp³-hybridized carbons (Fsp3) is 0.500. The van der Waals surface area contributed by atoms with Crippen LogP contribution in [-0.2, 0) is 21.1 Å². The molecule has 34 heavy (non-hydrogen) atoms. The molecule has 1 fully saturated rings. The molecule has 2 N–H and O–H groups in total. The van der Waals surface area contributed by atoms with Crippen molar-refractivity contribution in [3.63, 3.8) is 0 Å². The molecular formula is C24H33ClN4O4S. The zero-order valence-corrected chi connectivity index (χ0v) is 21.7. The number of hydrogen-bond acceptors (Lipinski definition) is 6. The van der Waals surface area contributed by atoms with Crippen LogP contribution in [0.25, 0.3) is 0 Å². The lowest BCUT2D eigenvalue weighted by atomic mass is 9.92. The van der Waals surface area contributed by atoms with Crippen molar-refractivity contribution >= 4 is 47.2 Å². The molecule has 0 unspecified atom stereocenters. The molecule has 0 spiro atoms. The van der Waals surface area contributed by atoms with Gasteiger partial charge in [-0.15, -0.1) is 23.7 Å². The number of piperidine rings is 1. The average Bonchev–Trinajstić information content (AvgIpc) is 3.19. The van der Waals surface area contributed by atoms with Crippen LogP contribution in [0.5, 0.6) is 0 Å². The molecule has 2 heterocycles. The molecule has 1 aromatic carbocycles. The molecule has 0 atom stereocenters. The Morgan fingerprint density at radius 1 is 1.24 bits per heavy atom. The highest BCUT2D eigenvalue weighted by Gasteiger charge is 2.22. The fourth-order valence-electron chi connectivity index (χ4n) is 3.56. The number of aryl methyl sites for hydroxylation is 1. The lowest BCUT2D eigenvalue weighted by Gasteiger charge is -2.20. The summed E-state index contributed by atoms with van der Waals surface area (Å²) in [6.07, 6.45) is 3.69. The van der Waals surface area contributed by atoms with E-state index >= 15 is 0 Å². The van der Waals surface area contributed by atoms with Crippen LogP contribution in [0, 0.1) is 18.3 Å². The summed E-state index contributed by atoms with van der Waals surface area (Å²) in [5.74, 6) is -0.760. The third kappa shape index (κ3) is 8.07. The monoisotopic (exact) mass is 508 g/mol. The second kappa shape index (κ2) is 12.3. The van der Waals surface area contributed by atoms with Crippen molar-refractivity contribution in [2.24, 2.45) is 16.3 Å². The quantitative estimate of drug-likeness (QED) is 0.576. The van der Waals surface area contributed by atoms with Gasteiger partial charge in [-0.05, 0) is 62.0 Å². The van der Waals surface area contributed by atoms with Crippen molar-refractivity contribution in [3.8, 4) is 0 Å². The number of halogens is 1. The van der Waals surface area contributed by atoms with Crippen LogP contribution in [0.15, 0.2) is 34.8 Å². The summed E-state index contributed by atoms with van der Waals surface area (Å²) in [6, 6.07) is 5.09. The van der Waals surface area contributed by atoms with Gasteiger partial charge in [0.2, 0.25) is 5.91 Å². The van der Waals surface area contributed by atoms with E-state index < -0.39 is 5.91 Å². The van der Waals surface area contributed by atoms with Crippen molar-refractivity contribution in [1.82, 2.24) is 9.88 Å². The number of thiazole rings is 1. The number of anilines is 1. The summed E-state index contributed by atoms with van der Waals surface area (Å²) in [5.41, 5.74) is 1.78. The van der Waals surface area contributed by atoms with Gasteiger partial charge in [-0.1, -0.05) is 20.8 Å². The summed E-state index contributed by atoms with van der Waals surface area (Å²) in [4.78, 5) is 41.9. The summed E-state index contributed by atoms with van der Waals surface area (Å²) >= 11 is 1.30. The minimum Gasteiger partial charge on any atom is -0.444 e. The Labute approximate surface area is 210 Å². The molecule has 0 bridgehead atoms. The first-order valence-electron chi connectivity index (χ1n) is 11.1. The summed E-state index contributed by atoms with van der Waals surface area (Å²) in [7, 11) is 0. The van der Waals surface area contributed by atoms with Crippen LogP contribution in [-0.4, -0.2) is 35.4 Å². The van der Waals surface area contributed by atoms with E-state index in [1.807, 2.05) is 27.7 Å². The summed E-state index contributed by atoms with van der Waals surface area (Å²) in [6.45, 7) is 9.53. The molecule has 10 heteroatoms. The molecule has 0 saturated carbocycles. The Hall–Kier alpha value is -2.49. The van der Waals surface area contributed by atoms with Crippen LogP contribution in [0.4, 0.5) is 5.69 Å². The largest absolute Gasteiger partial charge is 0.444 e. The maximum Gasteiger partial charge on any atom is 0.310 e. The van der Waals surface area contributed by atoms with E-state index in [0.29, 0.717) is 22.5 Å². The third-order valence-electron chi connectivity index (χ3n) is 5.31. The van der Waals surface area contributed by atoms with Crippen molar-refractivity contribution in [3.05, 3.63) is 45.7 Å². The van der Waals surface area contributed by atoms with Crippen LogP contribution in [0.1, 0.15) is 56.0 Å². The Morgan fingerprint density at radius 3 is 2.59 bits per heavy atom. The van der Waals surface area contributed by atoms with Gasteiger partial charge in [0.25, 0.3) is 5.91 Å². The number of aromatic nitrogens is 1. The topological polar surface area (TPSA) is 102 Å². The van der Waals surface area contributed by atoms with Crippen LogP contribution < -0.4 is 15.4 Å². The Balaban J connectivity index is 0.00000408. The van der Waals surface area contributed by atoms with Gasteiger partial charge >= 0.3 is 5.97 Å². The molecule has 3 rings (SSSR count). The SMILES string of the molecule is Cc1cc(C(=O)N=c2sccn2COC(=O)C2CCNCC2)ccc1NC(=O)CC(C)(C)C.Cl. The number of amides is 2. The average molecular weight is 509 g/mol. The zero-order chi connectivity index (χ0) is 24.0. The van der Waals surface area contributed by atoms with Gasteiger partial charge in [-0.25, -0.2) is 0 Å². The number of hydrogen-bond donors (Lipinski definition) is 2. The minimum atomic E-state index is -0.397. The molecular weight excluding hydrogens is 476 g/mol. The molecule has 0 aliphatic carbocycles. The van der Waals surface area contributed by atoms with Crippen molar-refractivity contribution in [2.75, 3.05) is 18.4 Å². The molecule has 1 aromatic heterocycles. The van der Waals surface area contributed by atoms with Crippen molar-refractivity contribution in [2.45, 2.75) is 53.7 Å². The normalized spacial score (nSPS) is 14.9. The lowest BCUT2D eigenvalue weighted by Crippen LogP contribution is -2.33. The van der Waals surface area contributed by atoms with Crippen molar-refractivity contribution < 1.29 is 19.1 Å². The molecule has 186 valence electrons. The predicted octanol–water partition coefficient (Wildman–Crippen LogP) is 3.90. The number of esters is 1. The second-order valence-electron chi connectivity index (χ2n) is 9.50. The van der Waals surface area contributed by atoms with E-state index in [0.717, 1.165) is 31.5 Å². The maximum absolute atomic E-state index is 12.7. The Bertz CT molecular complexity index is 1080. The number of ether oxygens (including phenoxy) is 1.